The van der Waals surface area contributed by atoms with Crippen molar-refractivity contribution in [3.05, 3.63) is 59.4 Å². The van der Waals surface area contributed by atoms with Crippen LogP contribution in [0.5, 0.6) is 5.75 Å². The summed E-state index contributed by atoms with van der Waals surface area (Å²) in [5.74, 6) is -0.145. The molecule has 0 aliphatic heterocycles. The number of para-hydroxylation sites is 1. The van der Waals surface area contributed by atoms with Gasteiger partial charge >= 0.3 is 0 Å². The van der Waals surface area contributed by atoms with Crippen LogP contribution in [0.1, 0.15) is 18.1 Å². The zero-order valence-corrected chi connectivity index (χ0v) is 13.6. The highest BCUT2D eigenvalue weighted by atomic mass is 19.1. The molecule has 0 spiro atoms. The number of carbonyl (C=O) groups is 1. The Labute approximate surface area is 140 Å². The van der Waals surface area contributed by atoms with Gasteiger partial charge in [0.05, 0.1) is 12.8 Å². The quantitative estimate of drug-likeness (QED) is 0.624. The fraction of sp³-hybridized carbons (Fsp3) is 0.222. The molecule has 0 radical (unpaired) electrons. The summed E-state index contributed by atoms with van der Waals surface area (Å²) in [4.78, 5) is 16.8. The first-order chi connectivity index (χ1) is 11.6. The van der Waals surface area contributed by atoms with Gasteiger partial charge in [-0.25, -0.2) is 4.39 Å². The largest absolute Gasteiger partial charge is 0.493 e. The smallest absolute Gasteiger partial charge is 0.265 e. The lowest BCUT2D eigenvalue weighted by molar-refractivity contribution is -0.120. The Morgan fingerprint density at radius 3 is 2.88 bits per heavy atom. The van der Waals surface area contributed by atoms with Gasteiger partial charge in [-0.15, -0.1) is 0 Å². The van der Waals surface area contributed by atoms with Crippen molar-refractivity contribution in [1.29, 1.82) is 0 Å². The number of rotatable bonds is 7. The molecule has 2 aromatic rings. The van der Waals surface area contributed by atoms with Crippen molar-refractivity contribution in [2.75, 3.05) is 18.5 Å². The number of hydrogen-bond donors (Lipinski definition) is 1. The number of anilines is 1. The Morgan fingerprint density at radius 1 is 1.29 bits per heavy atom. The molecular formula is C18H19FN2O3. The van der Waals surface area contributed by atoms with E-state index in [-0.39, 0.29) is 6.61 Å². The molecule has 2 aromatic carbocycles. The van der Waals surface area contributed by atoms with Gasteiger partial charge in [0.1, 0.15) is 11.6 Å². The number of hydrogen-bond acceptors (Lipinski definition) is 4. The van der Waals surface area contributed by atoms with Crippen molar-refractivity contribution in [2.24, 2.45) is 5.16 Å². The van der Waals surface area contributed by atoms with E-state index in [0.717, 1.165) is 11.1 Å². The molecule has 0 aromatic heterocycles. The predicted molar refractivity (Wildman–Crippen MR) is 90.9 cm³/mol. The van der Waals surface area contributed by atoms with E-state index < -0.39 is 11.7 Å². The molecule has 2 rings (SSSR count). The molecule has 0 saturated carbocycles. The zero-order chi connectivity index (χ0) is 17.4. The van der Waals surface area contributed by atoms with Gasteiger partial charge in [0.25, 0.3) is 5.91 Å². The lowest BCUT2D eigenvalue weighted by atomic mass is 10.2. The van der Waals surface area contributed by atoms with Crippen LogP contribution < -0.4 is 10.1 Å². The summed E-state index contributed by atoms with van der Waals surface area (Å²) in [6.45, 7) is 3.94. The summed E-state index contributed by atoms with van der Waals surface area (Å²) < 4.78 is 18.6. The normalized spacial score (nSPS) is 10.6. The third kappa shape index (κ3) is 5.08. The van der Waals surface area contributed by atoms with Crippen LogP contribution in [0.4, 0.5) is 10.1 Å². The SMILES string of the molecule is CCOc1ccccc1/C=N/OCC(=O)Nc1cc(F)ccc1C. The Balaban J connectivity index is 1.87. The van der Waals surface area contributed by atoms with E-state index in [0.29, 0.717) is 18.0 Å². The highest BCUT2D eigenvalue weighted by Crippen LogP contribution is 2.16. The number of ether oxygens (including phenoxy) is 1. The van der Waals surface area contributed by atoms with Gasteiger partial charge in [-0.1, -0.05) is 23.4 Å². The lowest BCUT2D eigenvalue weighted by Crippen LogP contribution is -2.17. The predicted octanol–water partition coefficient (Wildman–Crippen LogP) is 3.52. The van der Waals surface area contributed by atoms with Gasteiger partial charge in [-0.3, -0.25) is 4.79 Å². The molecule has 0 saturated heterocycles. The maximum absolute atomic E-state index is 13.2. The minimum absolute atomic E-state index is 0.275. The summed E-state index contributed by atoms with van der Waals surface area (Å²) in [5, 5.41) is 6.35. The number of oxime groups is 1. The summed E-state index contributed by atoms with van der Waals surface area (Å²) >= 11 is 0. The van der Waals surface area contributed by atoms with E-state index in [2.05, 4.69) is 10.5 Å². The zero-order valence-electron chi connectivity index (χ0n) is 13.6. The van der Waals surface area contributed by atoms with Crippen molar-refractivity contribution in [3.63, 3.8) is 0 Å². The second kappa shape index (κ2) is 8.67. The van der Waals surface area contributed by atoms with Crippen LogP contribution >= 0.6 is 0 Å². The molecule has 1 N–H and O–H groups in total. The second-order valence-corrected chi connectivity index (χ2v) is 4.99. The fourth-order valence-electron chi connectivity index (χ4n) is 1.98. The van der Waals surface area contributed by atoms with Gasteiger partial charge < -0.3 is 14.9 Å². The number of halogens is 1. The Kier molecular flexibility index (Phi) is 6.31. The molecule has 0 heterocycles. The number of amides is 1. The van der Waals surface area contributed by atoms with Crippen LogP contribution in [-0.4, -0.2) is 25.3 Å². The first-order valence-corrected chi connectivity index (χ1v) is 7.53. The fourth-order valence-corrected chi connectivity index (χ4v) is 1.98. The van der Waals surface area contributed by atoms with Gasteiger partial charge in [0, 0.05) is 11.3 Å². The molecule has 6 heteroatoms. The van der Waals surface area contributed by atoms with Crippen LogP contribution in [0.15, 0.2) is 47.6 Å². The van der Waals surface area contributed by atoms with E-state index in [1.54, 1.807) is 13.0 Å². The standard InChI is InChI=1S/C18H19FN2O3/c1-3-23-17-7-5-4-6-14(17)11-20-24-12-18(22)21-16-10-15(19)9-8-13(16)2/h4-11H,3,12H2,1-2H3,(H,21,22)/b20-11+. The number of nitrogens with zero attached hydrogens (tertiary/aromatic N) is 1. The molecule has 0 aliphatic carbocycles. The number of aryl methyl sites for hydroxylation is 1. The van der Waals surface area contributed by atoms with Crippen molar-refractivity contribution < 1.29 is 18.8 Å². The van der Waals surface area contributed by atoms with Crippen LogP contribution in [0.25, 0.3) is 0 Å². The summed E-state index contributed by atoms with van der Waals surface area (Å²) in [5.41, 5.74) is 1.92. The van der Waals surface area contributed by atoms with Gasteiger partial charge in [0.2, 0.25) is 0 Å². The van der Waals surface area contributed by atoms with Gasteiger partial charge in [-0.05, 0) is 43.7 Å². The van der Waals surface area contributed by atoms with Gasteiger partial charge in [-0.2, -0.15) is 0 Å². The maximum atomic E-state index is 13.2. The monoisotopic (exact) mass is 330 g/mol. The summed E-state index contributed by atoms with van der Waals surface area (Å²) in [7, 11) is 0. The minimum Gasteiger partial charge on any atom is -0.493 e. The lowest BCUT2D eigenvalue weighted by Gasteiger charge is -2.08. The summed E-state index contributed by atoms with van der Waals surface area (Å²) in [6, 6.07) is 11.5. The van der Waals surface area contributed by atoms with Crippen LogP contribution in [0, 0.1) is 12.7 Å². The average molecular weight is 330 g/mol. The average Bonchev–Trinajstić information content (AvgIpc) is 2.56. The van der Waals surface area contributed by atoms with Crippen LogP contribution in [-0.2, 0) is 9.63 Å². The third-order valence-corrected chi connectivity index (χ3v) is 3.15. The van der Waals surface area contributed by atoms with Crippen LogP contribution in [0.3, 0.4) is 0 Å². The van der Waals surface area contributed by atoms with Crippen molar-refractivity contribution in [1.82, 2.24) is 0 Å². The Morgan fingerprint density at radius 2 is 2.08 bits per heavy atom. The number of nitrogens with one attached hydrogen (secondary N) is 1. The summed E-state index contributed by atoms with van der Waals surface area (Å²) in [6.07, 6.45) is 1.48. The van der Waals surface area contributed by atoms with Crippen molar-refractivity contribution >= 4 is 17.8 Å². The molecule has 126 valence electrons. The van der Waals surface area contributed by atoms with Crippen molar-refractivity contribution in [2.45, 2.75) is 13.8 Å². The van der Waals surface area contributed by atoms with E-state index in [1.165, 1.54) is 18.3 Å². The molecule has 0 atom stereocenters. The maximum Gasteiger partial charge on any atom is 0.265 e. The van der Waals surface area contributed by atoms with E-state index in [1.807, 2.05) is 31.2 Å². The molecule has 0 bridgehead atoms. The highest BCUT2D eigenvalue weighted by molar-refractivity contribution is 5.92. The van der Waals surface area contributed by atoms with Gasteiger partial charge in [0.15, 0.2) is 6.61 Å². The Hall–Kier alpha value is -2.89. The molecular weight excluding hydrogens is 311 g/mol. The Bertz CT molecular complexity index is 732. The topological polar surface area (TPSA) is 59.9 Å². The third-order valence-electron chi connectivity index (χ3n) is 3.15. The van der Waals surface area contributed by atoms with E-state index in [9.17, 15) is 9.18 Å². The highest BCUT2D eigenvalue weighted by Gasteiger charge is 2.06. The molecule has 24 heavy (non-hydrogen) atoms. The molecule has 0 aliphatic rings. The number of benzene rings is 2. The molecule has 5 nitrogen and oxygen atoms in total. The minimum atomic E-state index is -0.418. The van der Waals surface area contributed by atoms with E-state index >= 15 is 0 Å². The first-order valence-electron chi connectivity index (χ1n) is 7.53. The van der Waals surface area contributed by atoms with E-state index in [4.69, 9.17) is 9.57 Å². The first kappa shape index (κ1) is 17.5. The molecule has 0 fully saturated rings. The second-order valence-electron chi connectivity index (χ2n) is 4.99. The van der Waals surface area contributed by atoms with Crippen molar-refractivity contribution in [3.8, 4) is 5.75 Å². The molecule has 0 unspecified atom stereocenters. The number of carbonyl (C=O) groups excluding carboxylic acids is 1. The van der Waals surface area contributed by atoms with Crippen LogP contribution in [0.2, 0.25) is 0 Å². The molecule has 1 amide bonds.